The number of rotatable bonds is 8. The molecular formula is C22H34N2O2PS+. The lowest BCUT2D eigenvalue weighted by Gasteiger charge is -2.39. The third kappa shape index (κ3) is 5.29. The van der Waals surface area contributed by atoms with Gasteiger partial charge < -0.3 is 4.74 Å². The van der Waals surface area contributed by atoms with Crippen LogP contribution >= 0.6 is 19.5 Å². The molecule has 0 radical (unpaired) electrons. The predicted molar refractivity (Wildman–Crippen MR) is 127 cm³/mol. The van der Waals surface area contributed by atoms with E-state index in [4.69, 9.17) is 22.4 Å². The molecule has 28 heavy (non-hydrogen) atoms. The standard InChI is InChI=1S/C22H34N2O2PS/c1-8-26-22(25)24(20-12-10-9-11-13-20)21(28)19(14-23)15-27(16(2)3,17(4)5)18(6)7/h9-13,16-18,23H,8,15H2,1-7H3/q+1. The molecule has 1 amide bonds. The highest BCUT2D eigenvalue weighted by molar-refractivity contribution is 7.81. The van der Waals surface area contributed by atoms with Gasteiger partial charge in [0.2, 0.25) is 0 Å². The van der Waals surface area contributed by atoms with Crippen molar-refractivity contribution in [1.29, 1.82) is 5.41 Å². The Morgan fingerprint density at radius 2 is 1.61 bits per heavy atom. The van der Waals surface area contributed by atoms with Gasteiger partial charge in [-0.1, -0.05) is 30.4 Å². The average Bonchev–Trinajstić information content (AvgIpc) is 2.63. The maximum Gasteiger partial charge on any atom is 0.419 e. The van der Waals surface area contributed by atoms with Gasteiger partial charge in [0.15, 0.2) is 0 Å². The summed E-state index contributed by atoms with van der Waals surface area (Å²) < 4.78 is 5.25. The van der Waals surface area contributed by atoms with Crippen LogP contribution in [0.5, 0.6) is 0 Å². The van der Waals surface area contributed by atoms with E-state index < -0.39 is 13.4 Å². The van der Waals surface area contributed by atoms with Crippen LogP contribution in [0, 0.1) is 5.41 Å². The molecule has 0 aliphatic rings. The van der Waals surface area contributed by atoms with Crippen molar-refractivity contribution < 1.29 is 9.53 Å². The number of carbonyl (C=O) groups is 1. The summed E-state index contributed by atoms with van der Waals surface area (Å²) in [5.41, 5.74) is 2.72. The lowest BCUT2D eigenvalue weighted by molar-refractivity contribution is 0.163. The highest BCUT2D eigenvalue weighted by atomic mass is 32.1. The van der Waals surface area contributed by atoms with Crippen molar-refractivity contribution in [3.63, 3.8) is 0 Å². The number of hydrogen-bond acceptors (Lipinski definition) is 4. The Labute approximate surface area is 176 Å². The predicted octanol–water partition coefficient (Wildman–Crippen LogP) is 6.39. The van der Waals surface area contributed by atoms with E-state index in [0.29, 0.717) is 39.4 Å². The van der Waals surface area contributed by atoms with Gasteiger partial charge in [-0.15, -0.1) is 0 Å². The molecule has 0 aliphatic carbocycles. The van der Waals surface area contributed by atoms with Crippen LogP contribution in [0.3, 0.4) is 0 Å². The summed E-state index contributed by atoms with van der Waals surface area (Å²) in [6.45, 7) is 15.6. The molecule has 0 saturated heterocycles. The van der Waals surface area contributed by atoms with Gasteiger partial charge in [-0.05, 0) is 66.5 Å². The summed E-state index contributed by atoms with van der Waals surface area (Å²) in [6, 6.07) is 9.23. The normalized spacial score (nSPS) is 11.5. The number of thiocarbonyl (C=S) groups is 1. The monoisotopic (exact) mass is 421 g/mol. The number of nitrogens with zero attached hydrogens (tertiary/aromatic N) is 1. The summed E-state index contributed by atoms with van der Waals surface area (Å²) in [4.78, 5) is 14.4. The second-order valence-electron chi connectivity index (χ2n) is 7.71. The van der Waals surface area contributed by atoms with Gasteiger partial charge in [0.05, 0.1) is 41.0 Å². The van der Waals surface area contributed by atoms with E-state index in [9.17, 15) is 4.79 Å². The van der Waals surface area contributed by atoms with Gasteiger partial charge in [0.25, 0.3) is 0 Å². The van der Waals surface area contributed by atoms with Crippen LogP contribution in [0.25, 0.3) is 0 Å². The van der Waals surface area contributed by atoms with Crippen LogP contribution in [0.2, 0.25) is 0 Å². The molecule has 6 heteroatoms. The minimum absolute atomic E-state index is 0.259. The maximum absolute atomic E-state index is 12.7. The number of nitrogens with one attached hydrogen (secondary N) is 1. The zero-order valence-corrected chi connectivity index (χ0v) is 19.9. The maximum atomic E-state index is 12.7. The number of amides is 1. The zero-order valence-electron chi connectivity index (χ0n) is 18.2. The second kappa shape index (κ2) is 10.9. The van der Waals surface area contributed by atoms with E-state index in [2.05, 4.69) is 47.4 Å². The van der Waals surface area contributed by atoms with Gasteiger partial charge in [-0.3, -0.25) is 5.41 Å². The number of hydrogen-bond donors (Lipinski definition) is 1. The largest absolute Gasteiger partial charge is 0.449 e. The molecule has 0 aliphatic heterocycles. The van der Waals surface area contributed by atoms with Crippen LogP contribution in [0.4, 0.5) is 10.5 Å². The number of carbonyl (C=O) groups excluding carboxylic acids is 1. The average molecular weight is 422 g/mol. The third-order valence-corrected chi connectivity index (χ3v) is 12.5. The number of ether oxygens (including phenoxy) is 1. The molecule has 1 rings (SSSR count). The topological polar surface area (TPSA) is 53.4 Å². The van der Waals surface area contributed by atoms with Crippen molar-refractivity contribution in [2.24, 2.45) is 0 Å². The summed E-state index contributed by atoms with van der Waals surface area (Å²) in [5.74, 6) is 2.57. The lowest BCUT2D eigenvalue weighted by Crippen LogP contribution is -2.39. The fourth-order valence-electron chi connectivity index (χ4n) is 3.98. The Balaban J connectivity index is 3.40. The Kier molecular flexibility index (Phi) is 9.50. The molecule has 0 atom stereocenters. The van der Waals surface area contributed by atoms with Gasteiger partial charge >= 0.3 is 6.09 Å². The van der Waals surface area contributed by atoms with Gasteiger partial charge in [-0.25, -0.2) is 9.69 Å². The van der Waals surface area contributed by atoms with E-state index in [1.807, 2.05) is 30.3 Å². The molecule has 1 aromatic carbocycles. The molecule has 0 heterocycles. The highest BCUT2D eigenvalue weighted by Gasteiger charge is 2.48. The molecule has 0 bridgehead atoms. The Bertz CT molecular complexity index is 704. The minimum Gasteiger partial charge on any atom is -0.449 e. The summed E-state index contributed by atoms with van der Waals surface area (Å²) in [5, 5.41) is 7.96. The van der Waals surface area contributed by atoms with E-state index in [1.165, 1.54) is 4.90 Å². The first-order valence-electron chi connectivity index (χ1n) is 9.85. The van der Waals surface area contributed by atoms with Crippen molar-refractivity contribution in [2.75, 3.05) is 17.7 Å². The van der Waals surface area contributed by atoms with Crippen molar-refractivity contribution >= 4 is 42.1 Å². The van der Waals surface area contributed by atoms with Crippen LogP contribution in [0.1, 0.15) is 48.5 Å². The Morgan fingerprint density at radius 1 is 1.11 bits per heavy atom. The molecule has 0 spiro atoms. The van der Waals surface area contributed by atoms with Crippen LogP contribution in [-0.4, -0.2) is 46.7 Å². The fourth-order valence-corrected chi connectivity index (χ4v) is 9.84. The van der Waals surface area contributed by atoms with E-state index >= 15 is 0 Å². The molecule has 0 saturated carbocycles. The van der Waals surface area contributed by atoms with Crippen molar-refractivity contribution in [3.05, 3.63) is 35.9 Å². The molecule has 1 aromatic rings. The molecule has 4 nitrogen and oxygen atoms in total. The van der Waals surface area contributed by atoms with E-state index in [0.717, 1.165) is 0 Å². The minimum atomic E-state index is -1.50. The molecule has 154 valence electrons. The first-order valence-corrected chi connectivity index (χ1v) is 12.4. The van der Waals surface area contributed by atoms with Gasteiger partial charge in [0.1, 0.15) is 4.99 Å². The Morgan fingerprint density at radius 3 is 2.00 bits per heavy atom. The highest BCUT2D eigenvalue weighted by Crippen LogP contribution is 2.70. The SMILES string of the molecule is CCOC(=O)N(C(=S)C(=C=N)C[P+](C(C)C)(C(C)C)C(C)C)c1ccccc1. The molecule has 1 N–H and O–H groups in total. The second-order valence-corrected chi connectivity index (χ2v) is 13.5. The van der Waals surface area contributed by atoms with Crippen LogP contribution < -0.4 is 4.90 Å². The third-order valence-electron chi connectivity index (χ3n) is 5.39. The van der Waals surface area contributed by atoms with Crippen molar-refractivity contribution in [2.45, 2.75) is 65.4 Å². The molecule has 0 fully saturated rings. The zero-order chi connectivity index (χ0) is 21.5. The van der Waals surface area contributed by atoms with E-state index in [-0.39, 0.29) is 6.61 Å². The fraction of sp³-hybridized carbons (Fsp3) is 0.545. The summed E-state index contributed by atoms with van der Waals surface area (Å²) >= 11 is 5.72. The van der Waals surface area contributed by atoms with Crippen LogP contribution in [0.15, 0.2) is 35.9 Å². The lowest BCUT2D eigenvalue weighted by atomic mass is 10.2. The number of para-hydroxylation sites is 1. The number of benzene rings is 1. The molecular weight excluding hydrogens is 387 g/mol. The van der Waals surface area contributed by atoms with Crippen molar-refractivity contribution in [1.82, 2.24) is 0 Å². The molecule has 0 aromatic heterocycles. The quantitative estimate of drug-likeness (QED) is 0.229. The van der Waals surface area contributed by atoms with Gasteiger partial charge in [0, 0.05) is 7.26 Å². The number of anilines is 1. The summed E-state index contributed by atoms with van der Waals surface area (Å²) in [6.07, 6.45) is 0.180. The van der Waals surface area contributed by atoms with Crippen molar-refractivity contribution in [3.8, 4) is 0 Å². The first kappa shape index (κ1) is 24.5. The van der Waals surface area contributed by atoms with E-state index in [1.54, 1.807) is 6.92 Å². The Hall–Kier alpha value is -1.54. The first-order chi connectivity index (χ1) is 13.1. The summed E-state index contributed by atoms with van der Waals surface area (Å²) in [7, 11) is -1.50. The van der Waals surface area contributed by atoms with Crippen LogP contribution in [-0.2, 0) is 4.74 Å². The smallest absolute Gasteiger partial charge is 0.419 e. The van der Waals surface area contributed by atoms with Gasteiger partial charge in [-0.2, -0.15) is 0 Å². The molecule has 0 unspecified atom stereocenters.